The van der Waals surface area contributed by atoms with Gasteiger partial charge in [-0.05, 0) is 31.7 Å². The lowest BCUT2D eigenvalue weighted by molar-refractivity contribution is 0.0658. The number of rotatable bonds is 9. The summed E-state index contributed by atoms with van der Waals surface area (Å²) in [6, 6.07) is 5.93. The van der Waals surface area contributed by atoms with E-state index in [1.165, 1.54) is 24.8 Å². The molecule has 0 N–H and O–H groups in total. The molecule has 1 aromatic rings. The van der Waals surface area contributed by atoms with Crippen LogP contribution in [0.3, 0.4) is 0 Å². The van der Waals surface area contributed by atoms with E-state index in [1.54, 1.807) is 0 Å². The molecule has 0 aliphatic carbocycles. The van der Waals surface area contributed by atoms with Crippen molar-refractivity contribution < 1.29 is 9.53 Å². The van der Waals surface area contributed by atoms with Crippen LogP contribution in [0.4, 0.5) is 0 Å². The molecule has 20 heavy (non-hydrogen) atoms. The number of ketones is 1. The second kappa shape index (κ2) is 8.91. The number of carbonyl (C=O) groups excluding carboxylic acids is 1. The minimum atomic E-state index is 0.0906. The van der Waals surface area contributed by atoms with E-state index in [9.17, 15) is 4.79 Å². The zero-order chi connectivity index (χ0) is 15.0. The lowest BCUT2D eigenvalue weighted by Crippen LogP contribution is -2.15. The Bertz CT molecular complexity index is 423. The van der Waals surface area contributed by atoms with Crippen molar-refractivity contribution in [3.05, 3.63) is 34.9 Å². The highest BCUT2D eigenvalue weighted by Gasteiger charge is 2.11. The molecule has 0 amide bonds. The zero-order valence-electron chi connectivity index (χ0n) is 13.4. The van der Waals surface area contributed by atoms with E-state index >= 15 is 0 Å². The quantitative estimate of drug-likeness (QED) is 0.610. The monoisotopic (exact) mass is 276 g/mol. The lowest BCUT2D eigenvalue weighted by Gasteiger charge is -2.14. The Morgan fingerprint density at radius 1 is 1.25 bits per heavy atom. The zero-order valence-corrected chi connectivity index (χ0v) is 13.4. The first-order chi connectivity index (χ1) is 9.58. The Morgan fingerprint density at radius 3 is 2.60 bits per heavy atom. The van der Waals surface area contributed by atoms with Crippen molar-refractivity contribution >= 4 is 5.78 Å². The summed E-state index contributed by atoms with van der Waals surface area (Å²) in [6.07, 6.45) is 4.79. The van der Waals surface area contributed by atoms with Crippen molar-refractivity contribution in [3.8, 4) is 0 Å². The van der Waals surface area contributed by atoms with Crippen molar-refractivity contribution in [2.75, 3.05) is 13.2 Å². The van der Waals surface area contributed by atoms with Gasteiger partial charge in [-0.25, -0.2) is 0 Å². The summed E-state index contributed by atoms with van der Waals surface area (Å²) in [5.41, 5.74) is 3.01. The van der Waals surface area contributed by atoms with Gasteiger partial charge < -0.3 is 4.74 Å². The maximum Gasteiger partial charge on any atom is 0.188 e. The van der Waals surface area contributed by atoms with Gasteiger partial charge in [-0.15, -0.1) is 0 Å². The highest BCUT2D eigenvalue weighted by atomic mass is 16.5. The molecular weight excluding hydrogens is 248 g/mol. The molecule has 112 valence electrons. The number of unbranched alkanes of at least 4 members (excludes halogenated alkanes) is 1. The molecule has 1 aromatic carbocycles. The average molecular weight is 276 g/mol. The van der Waals surface area contributed by atoms with Gasteiger partial charge >= 0.3 is 0 Å². The molecule has 0 fully saturated rings. The number of Topliss-reactive ketones (excluding diaryl/α,β-unsaturated/α-hetero) is 1. The predicted octanol–water partition coefficient (Wildman–Crippen LogP) is 4.72. The van der Waals surface area contributed by atoms with Crippen molar-refractivity contribution in [1.29, 1.82) is 0 Å². The number of aryl methyl sites for hydroxylation is 2. The van der Waals surface area contributed by atoms with Crippen molar-refractivity contribution in [2.24, 2.45) is 5.92 Å². The van der Waals surface area contributed by atoms with Crippen LogP contribution in [0.1, 0.15) is 61.0 Å². The molecular formula is C18H28O2. The molecule has 0 radical (unpaired) electrons. The lowest BCUT2D eigenvalue weighted by atomic mass is 10.0. The molecule has 0 saturated heterocycles. The van der Waals surface area contributed by atoms with Gasteiger partial charge in [-0.3, -0.25) is 4.79 Å². The smallest absolute Gasteiger partial charge is 0.188 e. The first-order valence-electron chi connectivity index (χ1n) is 7.76. The van der Waals surface area contributed by atoms with Gasteiger partial charge in [0.25, 0.3) is 0 Å². The number of carbonyl (C=O) groups is 1. The summed E-state index contributed by atoms with van der Waals surface area (Å²) in [7, 11) is 0. The van der Waals surface area contributed by atoms with Crippen LogP contribution in [0.25, 0.3) is 0 Å². The van der Waals surface area contributed by atoms with Crippen molar-refractivity contribution in [3.63, 3.8) is 0 Å². The Kier molecular flexibility index (Phi) is 7.53. The molecule has 2 heteroatoms. The third-order valence-corrected chi connectivity index (χ3v) is 3.81. The summed E-state index contributed by atoms with van der Waals surface area (Å²) >= 11 is 0. The maximum absolute atomic E-state index is 12.1. The number of ether oxygens (including phenoxy) is 1. The molecule has 1 rings (SSSR count). The average Bonchev–Trinajstić information content (AvgIpc) is 2.42. The fraction of sp³-hybridized carbons (Fsp3) is 0.611. The normalized spacial score (nSPS) is 12.4. The second-order valence-electron chi connectivity index (χ2n) is 5.67. The van der Waals surface area contributed by atoms with E-state index in [1.807, 2.05) is 32.0 Å². The van der Waals surface area contributed by atoms with Gasteiger partial charge in [-0.1, -0.05) is 56.9 Å². The molecule has 1 atom stereocenters. The molecule has 0 bridgehead atoms. The highest BCUT2D eigenvalue weighted by Crippen LogP contribution is 2.14. The van der Waals surface area contributed by atoms with Gasteiger partial charge in [0.1, 0.15) is 6.61 Å². The van der Waals surface area contributed by atoms with Crippen LogP contribution in [0.15, 0.2) is 18.2 Å². The topological polar surface area (TPSA) is 26.3 Å². The van der Waals surface area contributed by atoms with Gasteiger partial charge in [0.15, 0.2) is 5.78 Å². The second-order valence-corrected chi connectivity index (χ2v) is 5.67. The van der Waals surface area contributed by atoms with E-state index in [2.05, 4.69) is 13.8 Å². The molecule has 0 aliphatic heterocycles. The van der Waals surface area contributed by atoms with Crippen molar-refractivity contribution in [1.82, 2.24) is 0 Å². The molecule has 0 aromatic heterocycles. The van der Waals surface area contributed by atoms with Crippen LogP contribution in [0, 0.1) is 19.8 Å². The fourth-order valence-corrected chi connectivity index (χ4v) is 2.42. The van der Waals surface area contributed by atoms with Crippen LogP contribution in [0.5, 0.6) is 0 Å². The van der Waals surface area contributed by atoms with Crippen LogP contribution < -0.4 is 0 Å². The van der Waals surface area contributed by atoms with Gasteiger partial charge in [0.05, 0.1) is 0 Å². The summed E-state index contributed by atoms with van der Waals surface area (Å²) < 4.78 is 5.64. The highest BCUT2D eigenvalue weighted by molar-refractivity contribution is 5.98. The van der Waals surface area contributed by atoms with Crippen LogP contribution in [-0.4, -0.2) is 19.0 Å². The number of hydrogen-bond donors (Lipinski definition) is 0. The van der Waals surface area contributed by atoms with Gasteiger partial charge in [0, 0.05) is 12.2 Å². The predicted molar refractivity (Wildman–Crippen MR) is 84.4 cm³/mol. The first-order valence-corrected chi connectivity index (χ1v) is 7.76. The standard InChI is InChI=1S/C18H28O2/c1-5-7-8-16(6-2)12-20-13-18(19)17-10-9-14(3)11-15(17)4/h9-11,16H,5-8,12-13H2,1-4H3. The SMILES string of the molecule is CCCCC(CC)COCC(=O)c1ccc(C)cc1C. The Hall–Kier alpha value is -1.15. The maximum atomic E-state index is 12.1. The summed E-state index contributed by atoms with van der Waals surface area (Å²) in [4.78, 5) is 12.1. The minimum absolute atomic E-state index is 0.0906. The first kappa shape index (κ1) is 16.9. The van der Waals surface area contributed by atoms with E-state index in [-0.39, 0.29) is 12.4 Å². The Labute approximate surface area is 123 Å². The van der Waals surface area contributed by atoms with E-state index in [0.717, 1.165) is 17.5 Å². The minimum Gasteiger partial charge on any atom is -0.373 e. The van der Waals surface area contributed by atoms with Crippen LogP contribution >= 0.6 is 0 Å². The summed E-state index contributed by atoms with van der Waals surface area (Å²) in [6.45, 7) is 9.32. The van der Waals surface area contributed by atoms with E-state index in [0.29, 0.717) is 12.5 Å². The van der Waals surface area contributed by atoms with Crippen LogP contribution in [-0.2, 0) is 4.74 Å². The Balaban J connectivity index is 2.42. The van der Waals surface area contributed by atoms with Gasteiger partial charge in [-0.2, -0.15) is 0 Å². The molecule has 1 unspecified atom stereocenters. The third-order valence-electron chi connectivity index (χ3n) is 3.81. The number of hydrogen-bond acceptors (Lipinski definition) is 2. The molecule has 0 aliphatic rings. The van der Waals surface area contributed by atoms with Crippen LogP contribution in [0.2, 0.25) is 0 Å². The molecule has 0 saturated carbocycles. The Morgan fingerprint density at radius 2 is 2.00 bits per heavy atom. The third kappa shape index (κ3) is 5.46. The fourth-order valence-electron chi connectivity index (χ4n) is 2.42. The summed E-state index contributed by atoms with van der Waals surface area (Å²) in [5, 5.41) is 0. The van der Waals surface area contributed by atoms with E-state index < -0.39 is 0 Å². The number of benzene rings is 1. The summed E-state index contributed by atoms with van der Waals surface area (Å²) in [5.74, 6) is 0.676. The van der Waals surface area contributed by atoms with Crippen molar-refractivity contribution in [2.45, 2.75) is 53.4 Å². The van der Waals surface area contributed by atoms with Gasteiger partial charge in [0.2, 0.25) is 0 Å². The largest absolute Gasteiger partial charge is 0.373 e. The molecule has 0 heterocycles. The molecule has 2 nitrogen and oxygen atoms in total. The molecule has 0 spiro atoms. The van der Waals surface area contributed by atoms with E-state index in [4.69, 9.17) is 4.74 Å².